The fourth-order valence-electron chi connectivity index (χ4n) is 1.75. The zero-order chi connectivity index (χ0) is 14.7. The van der Waals surface area contributed by atoms with E-state index in [9.17, 15) is 9.59 Å². The van der Waals surface area contributed by atoms with Gasteiger partial charge in [0, 0.05) is 23.8 Å². The van der Waals surface area contributed by atoms with Crippen molar-refractivity contribution in [1.29, 1.82) is 0 Å². The van der Waals surface area contributed by atoms with E-state index in [-0.39, 0.29) is 12.5 Å². The number of benzene rings is 1. The molecule has 0 unspecified atom stereocenters. The fourth-order valence-corrected chi connectivity index (χ4v) is 1.75. The lowest BCUT2D eigenvalue weighted by molar-refractivity contribution is -0.116. The minimum Gasteiger partial charge on any atom is -0.398 e. The van der Waals surface area contributed by atoms with Crippen LogP contribution in [0.1, 0.15) is 11.1 Å². The summed E-state index contributed by atoms with van der Waals surface area (Å²) in [5, 5.41) is 2.70. The average molecular weight is 272 g/mol. The molecule has 1 aromatic carbocycles. The third kappa shape index (κ3) is 3.23. The molecule has 0 atom stereocenters. The van der Waals surface area contributed by atoms with E-state index in [1.54, 1.807) is 18.3 Å². The van der Waals surface area contributed by atoms with Crippen molar-refractivity contribution < 1.29 is 4.79 Å². The van der Waals surface area contributed by atoms with E-state index in [1.165, 1.54) is 10.8 Å². The smallest absolute Gasteiger partial charge is 0.347 e. The summed E-state index contributed by atoms with van der Waals surface area (Å²) >= 11 is 0. The first-order valence-corrected chi connectivity index (χ1v) is 6.15. The van der Waals surface area contributed by atoms with Crippen LogP contribution in [-0.2, 0) is 11.3 Å². The Morgan fingerprint density at radius 1 is 1.40 bits per heavy atom. The van der Waals surface area contributed by atoms with Gasteiger partial charge in [-0.3, -0.25) is 9.36 Å². The Hall–Kier alpha value is -2.63. The molecule has 1 amide bonds. The van der Waals surface area contributed by atoms with Gasteiger partial charge in [0.1, 0.15) is 6.54 Å². The monoisotopic (exact) mass is 272 g/mol. The van der Waals surface area contributed by atoms with Crippen molar-refractivity contribution in [3.8, 4) is 0 Å². The van der Waals surface area contributed by atoms with Gasteiger partial charge in [0.2, 0.25) is 5.91 Å². The van der Waals surface area contributed by atoms with E-state index in [0.717, 1.165) is 11.1 Å². The Balaban J connectivity index is 2.11. The predicted octanol–water partition coefficient (Wildman–Crippen LogP) is 1.08. The summed E-state index contributed by atoms with van der Waals surface area (Å²) < 4.78 is 1.27. The normalized spacial score (nSPS) is 10.3. The van der Waals surface area contributed by atoms with Gasteiger partial charge in [0.15, 0.2) is 0 Å². The molecule has 2 aromatic rings. The average Bonchev–Trinajstić information content (AvgIpc) is 2.38. The molecule has 1 heterocycles. The van der Waals surface area contributed by atoms with Crippen LogP contribution in [0.4, 0.5) is 11.4 Å². The van der Waals surface area contributed by atoms with E-state index in [1.807, 2.05) is 19.9 Å². The Kier molecular flexibility index (Phi) is 3.84. The summed E-state index contributed by atoms with van der Waals surface area (Å²) in [6, 6.07) is 5.27. The third-order valence-corrected chi connectivity index (χ3v) is 2.86. The molecule has 0 spiro atoms. The number of nitrogens with one attached hydrogen (secondary N) is 1. The predicted molar refractivity (Wildman–Crippen MR) is 77.5 cm³/mol. The van der Waals surface area contributed by atoms with E-state index < -0.39 is 5.69 Å². The summed E-state index contributed by atoms with van der Waals surface area (Å²) in [6.07, 6.45) is 3.07. The Bertz CT molecular complexity index is 707. The van der Waals surface area contributed by atoms with Gasteiger partial charge in [0.05, 0.1) is 0 Å². The molecule has 6 nitrogen and oxygen atoms in total. The van der Waals surface area contributed by atoms with Gasteiger partial charge in [-0.1, -0.05) is 6.07 Å². The van der Waals surface area contributed by atoms with Crippen molar-refractivity contribution in [1.82, 2.24) is 9.55 Å². The van der Waals surface area contributed by atoms with Crippen LogP contribution in [0.25, 0.3) is 0 Å². The van der Waals surface area contributed by atoms with Crippen LogP contribution in [0.2, 0.25) is 0 Å². The van der Waals surface area contributed by atoms with Crippen LogP contribution in [-0.4, -0.2) is 15.5 Å². The number of nitrogens with zero attached hydrogens (tertiary/aromatic N) is 2. The summed E-state index contributed by atoms with van der Waals surface area (Å²) in [6.45, 7) is 3.61. The van der Waals surface area contributed by atoms with Gasteiger partial charge in [0.25, 0.3) is 0 Å². The molecule has 20 heavy (non-hydrogen) atoms. The number of aryl methyl sites for hydroxylation is 2. The zero-order valence-corrected chi connectivity index (χ0v) is 11.4. The molecule has 0 saturated carbocycles. The second-order valence-electron chi connectivity index (χ2n) is 4.66. The topological polar surface area (TPSA) is 90.0 Å². The van der Waals surface area contributed by atoms with Crippen molar-refractivity contribution >= 4 is 17.3 Å². The highest BCUT2D eigenvalue weighted by atomic mass is 16.2. The van der Waals surface area contributed by atoms with Crippen LogP contribution in [0, 0.1) is 13.8 Å². The van der Waals surface area contributed by atoms with Crippen molar-refractivity contribution in [2.75, 3.05) is 11.1 Å². The van der Waals surface area contributed by atoms with Gasteiger partial charge in [-0.25, -0.2) is 9.78 Å². The highest BCUT2D eigenvalue weighted by Crippen LogP contribution is 2.16. The molecule has 0 aliphatic heterocycles. The summed E-state index contributed by atoms with van der Waals surface area (Å²) in [5.41, 5.74) is 8.30. The van der Waals surface area contributed by atoms with Crippen molar-refractivity contribution in [2.45, 2.75) is 20.4 Å². The molecule has 3 N–H and O–H groups in total. The molecule has 0 fully saturated rings. The number of hydrogen-bond donors (Lipinski definition) is 2. The SMILES string of the molecule is Cc1cnc(=O)n(CC(=O)Nc2ccc(C)c(N)c2)c1. The van der Waals surface area contributed by atoms with E-state index in [4.69, 9.17) is 5.73 Å². The Morgan fingerprint density at radius 2 is 2.15 bits per heavy atom. The molecule has 0 radical (unpaired) electrons. The fraction of sp³-hybridized carbons (Fsp3) is 0.214. The molecular weight excluding hydrogens is 256 g/mol. The Labute approximate surface area is 116 Å². The third-order valence-electron chi connectivity index (χ3n) is 2.86. The highest BCUT2D eigenvalue weighted by Gasteiger charge is 2.06. The number of carbonyl (C=O) groups excluding carboxylic acids is 1. The Morgan fingerprint density at radius 3 is 2.85 bits per heavy atom. The number of amides is 1. The minimum absolute atomic E-state index is 0.0820. The zero-order valence-electron chi connectivity index (χ0n) is 11.4. The molecule has 104 valence electrons. The number of rotatable bonds is 3. The van der Waals surface area contributed by atoms with E-state index >= 15 is 0 Å². The van der Waals surface area contributed by atoms with E-state index in [2.05, 4.69) is 10.3 Å². The maximum Gasteiger partial charge on any atom is 0.347 e. The number of carbonyl (C=O) groups is 1. The standard InChI is InChI=1S/C14H16N4O2/c1-9-6-16-14(20)18(7-9)8-13(19)17-11-4-3-10(2)12(15)5-11/h3-7H,8,15H2,1-2H3,(H,17,19). The molecule has 0 aliphatic carbocycles. The van der Waals surface area contributed by atoms with Crippen LogP contribution in [0.3, 0.4) is 0 Å². The number of hydrogen-bond acceptors (Lipinski definition) is 4. The van der Waals surface area contributed by atoms with Gasteiger partial charge in [-0.15, -0.1) is 0 Å². The number of nitrogen functional groups attached to an aromatic ring is 1. The summed E-state index contributed by atoms with van der Waals surface area (Å²) in [4.78, 5) is 27.1. The molecule has 6 heteroatoms. The maximum absolute atomic E-state index is 11.9. The van der Waals surface area contributed by atoms with Gasteiger partial charge in [-0.2, -0.15) is 0 Å². The second kappa shape index (κ2) is 5.56. The van der Waals surface area contributed by atoms with Crippen molar-refractivity contribution in [2.24, 2.45) is 0 Å². The summed E-state index contributed by atoms with van der Waals surface area (Å²) in [7, 11) is 0. The molecule has 0 aliphatic rings. The van der Waals surface area contributed by atoms with Crippen molar-refractivity contribution in [3.05, 3.63) is 52.2 Å². The van der Waals surface area contributed by atoms with Crippen LogP contribution in [0.15, 0.2) is 35.4 Å². The summed E-state index contributed by atoms with van der Waals surface area (Å²) in [5.74, 6) is -0.303. The second-order valence-corrected chi connectivity index (χ2v) is 4.66. The lowest BCUT2D eigenvalue weighted by atomic mass is 10.2. The lowest BCUT2D eigenvalue weighted by Crippen LogP contribution is -2.29. The van der Waals surface area contributed by atoms with Gasteiger partial charge >= 0.3 is 5.69 Å². The lowest BCUT2D eigenvalue weighted by Gasteiger charge is -2.09. The molecule has 0 bridgehead atoms. The first-order chi connectivity index (χ1) is 9.45. The molecular formula is C14H16N4O2. The first kappa shape index (κ1) is 13.8. The van der Waals surface area contributed by atoms with Crippen LogP contribution >= 0.6 is 0 Å². The minimum atomic E-state index is -0.450. The maximum atomic E-state index is 11.9. The largest absolute Gasteiger partial charge is 0.398 e. The number of anilines is 2. The van der Waals surface area contributed by atoms with Gasteiger partial charge < -0.3 is 11.1 Å². The number of nitrogens with two attached hydrogens (primary N) is 1. The molecule has 2 rings (SSSR count). The van der Waals surface area contributed by atoms with Crippen molar-refractivity contribution in [3.63, 3.8) is 0 Å². The van der Waals surface area contributed by atoms with E-state index in [0.29, 0.717) is 11.4 Å². The number of aromatic nitrogens is 2. The van der Waals surface area contributed by atoms with Crippen LogP contribution in [0.5, 0.6) is 0 Å². The first-order valence-electron chi connectivity index (χ1n) is 6.15. The molecule has 0 saturated heterocycles. The quantitative estimate of drug-likeness (QED) is 0.818. The molecule has 1 aromatic heterocycles. The highest BCUT2D eigenvalue weighted by molar-refractivity contribution is 5.91. The van der Waals surface area contributed by atoms with Crippen LogP contribution < -0.4 is 16.7 Å². The van der Waals surface area contributed by atoms with Gasteiger partial charge in [-0.05, 0) is 37.1 Å².